The van der Waals surface area contributed by atoms with Crippen LogP contribution in [0.5, 0.6) is 0 Å². The average molecular weight is 357 g/mol. The predicted octanol–water partition coefficient (Wildman–Crippen LogP) is 3.88. The van der Waals surface area contributed by atoms with E-state index in [0.29, 0.717) is 18.1 Å². The summed E-state index contributed by atoms with van der Waals surface area (Å²) >= 11 is 0. The molecule has 0 atom stereocenters. The number of benzene rings is 2. The van der Waals surface area contributed by atoms with Crippen molar-refractivity contribution < 1.29 is 4.79 Å². The normalized spacial score (nSPS) is 10.7. The molecule has 0 fully saturated rings. The topological polar surface area (TPSA) is 75.6 Å². The molecule has 4 rings (SSSR count). The Bertz CT molecular complexity index is 1050. The van der Waals surface area contributed by atoms with Crippen molar-refractivity contribution in [2.24, 2.45) is 0 Å². The fourth-order valence-corrected chi connectivity index (χ4v) is 2.95. The van der Waals surface area contributed by atoms with Crippen molar-refractivity contribution in [1.29, 1.82) is 0 Å². The van der Waals surface area contributed by atoms with E-state index in [1.54, 1.807) is 12.3 Å². The molecule has 0 bridgehead atoms. The number of aromatic amines is 1. The summed E-state index contributed by atoms with van der Waals surface area (Å²) in [7, 11) is 0. The van der Waals surface area contributed by atoms with Gasteiger partial charge in [0, 0.05) is 17.8 Å². The second-order valence-corrected chi connectivity index (χ2v) is 6.30. The van der Waals surface area contributed by atoms with Crippen LogP contribution in [0.1, 0.15) is 21.6 Å². The van der Waals surface area contributed by atoms with Crippen LogP contribution in [-0.2, 0) is 6.54 Å². The Balaban J connectivity index is 1.71. The van der Waals surface area contributed by atoms with Crippen LogP contribution in [0.15, 0.2) is 72.9 Å². The van der Waals surface area contributed by atoms with Gasteiger partial charge in [-0.05, 0) is 24.1 Å². The van der Waals surface area contributed by atoms with E-state index in [1.165, 1.54) is 0 Å². The van der Waals surface area contributed by atoms with Crippen LogP contribution in [0.25, 0.3) is 11.3 Å². The van der Waals surface area contributed by atoms with Gasteiger partial charge in [0.2, 0.25) is 0 Å². The number of aromatic nitrogens is 4. The molecule has 6 nitrogen and oxygen atoms in total. The van der Waals surface area contributed by atoms with Crippen molar-refractivity contribution in [3.8, 4) is 11.3 Å². The van der Waals surface area contributed by atoms with E-state index in [0.717, 1.165) is 22.4 Å². The van der Waals surface area contributed by atoms with Crippen molar-refractivity contribution in [1.82, 2.24) is 20.0 Å². The Hall–Kier alpha value is -3.67. The number of carbonyl (C=O) groups is 1. The van der Waals surface area contributed by atoms with Crippen LogP contribution in [0.3, 0.4) is 0 Å². The van der Waals surface area contributed by atoms with Crippen LogP contribution in [0.2, 0.25) is 0 Å². The molecule has 1 amide bonds. The molecule has 2 aromatic heterocycles. The summed E-state index contributed by atoms with van der Waals surface area (Å²) in [4.78, 5) is 12.5. The Morgan fingerprint density at radius 3 is 2.59 bits per heavy atom. The van der Waals surface area contributed by atoms with Crippen LogP contribution >= 0.6 is 0 Å². The second-order valence-electron chi connectivity index (χ2n) is 6.30. The summed E-state index contributed by atoms with van der Waals surface area (Å²) in [5, 5.41) is 14.2. The fourth-order valence-electron chi connectivity index (χ4n) is 2.95. The third kappa shape index (κ3) is 3.64. The highest BCUT2D eigenvalue weighted by molar-refractivity contribution is 6.02. The van der Waals surface area contributed by atoms with E-state index in [2.05, 4.69) is 28.5 Å². The van der Waals surface area contributed by atoms with E-state index in [-0.39, 0.29) is 5.91 Å². The molecule has 2 N–H and O–H groups in total. The second kappa shape index (κ2) is 7.29. The maximum atomic E-state index is 12.5. The minimum absolute atomic E-state index is 0.252. The number of hydrogen-bond donors (Lipinski definition) is 2. The van der Waals surface area contributed by atoms with E-state index in [1.807, 2.05) is 59.3 Å². The minimum atomic E-state index is -0.252. The number of anilines is 1. The third-order valence-electron chi connectivity index (χ3n) is 4.36. The summed E-state index contributed by atoms with van der Waals surface area (Å²) in [6.45, 7) is 2.61. The Labute approximate surface area is 156 Å². The Morgan fingerprint density at radius 1 is 1.07 bits per heavy atom. The predicted molar refractivity (Wildman–Crippen MR) is 104 cm³/mol. The summed E-state index contributed by atoms with van der Waals surface area (Å²) in [5.74, 6) is 0.384. The molecule has 27 heavy (non-hydrogen) atoms. The zero-order chi connectivity index (χ0) is 18.6. The third-order valence-corrected chi connectivity index (χ3v) is 4.36. The number of nitrogens with zero attached hydrogens (tertiary/aromatic N) is 3. The van der Waals surface area contributed by atoms with Crippen LogP contribution in [-0.4, -0.2) is 25.9 Å². The van der Waals surface area contributed by atoms with E-state index < -0.39 is 0 Å². The number of H-pyrrole nitrogens is 1. The largest absolute Gasteiger partial charge is 0.305 e. The number of aryl methyl sites for hydroxylation is 1. The van der Waals surface area contributed by atoms with Crippen molar-refractivity contribution in [2.45, 2.75) is 13.5 Å². The van der Waals surface area contributed by atoms with E-state index >= 15 is 0 Å². The van der Waals surface area contributed by atoms with Gasteiger partial charge in [0.15, 0.2) is 0 Å². The Morgan fingerprint density at radius 2 is 1.85 bits per heavy atom. The molecule has 0 radical (unpaired) electrons. The molecular weight excluding hydrogens is 338 g/mol. The van der Waals surface area contributed by atoms with Gasteiger partial charge in [-0.3, -0.25) is 9.89 Å². The van der Waals surface area contributed by atoms with Crippen molar-refractivity contribution >= 4 is 11.7 Å². The molecule has 4 aromatic rings. The monoisotopic (exact) mass is 357 g/mol. The molecule has 6 heteroatoms. The highest BCUT2D eigenvalue weighted by Crippen LogP contribution is 2.25. The van der Waals surface area contributed by atoms with E-state index in [4.69, 9.17) is 5.10 Å². The number of nitrogens with one attached hydrogen (secondary N) is 2. The van der Waals surface area contributed by atoms with Gasteiger partial charge in [-0.1, -0.05) is 54.6 Å². The lowest BCUT2D eigenvalue weighted by molar-refractivity contribution is 0.102. The lowest BCUT2D eigenvalue weighted by atomic mass is 10.1. The average Bonchev–Trinajstić information content (AvgIpc) is 3.34. The lowest BCUT2D eigenvalue weighted by Gasteiger charge is -2.08. The first-order valence-electron chi connectivity index (χ1n) is 8.69. The molecule has 0 aliphatic rings. The van der Waals surface area contributed by atoms with Crippen LogP contribution < -0.4 is 5.32 Å². The van der Waals surface area contributed by atoms with Crippen molar-refractivity contribution in [2.75, 3.05) is 5.32 Å². The van der Waals surface area contributed by atoms with Gasteiger partial charge in [-0.2, -0.15) is 10.2 Å². The van der Waals surface area contributed by atoms with Gasteiger partial charge in [0.25, 0.3) is 5.91 Å². The van der Waals surface area contributed by atoms with E-state index in [9.17, 15) is 4.79 Å². The van der Waals surface area contributed by atoms with Crippen LogP contribution in [0.4, 0.5) is 5.82 Å². The number of rotatable bonds is 5. The molecule has 0 saturated heterocycles. The quantitative estimate of drug-likeness (QED) is 0.569. The number of carbonyl (C=O) groups excluding carboxylic acids is 1. The maximum absolute atomic E-state index is 12.5. The van der Waals surface area contributed by atoms with Gasteiger partial charge >= 0.3 is 0 Å². The molecule has 0 aliphatic heterocycles. The molecule has 2 heterocycles. The van der Waals surface area contributed by atoms with Gasteiger partial charge in [-0.25, -0.2) is 4.68 Å². The maximum Gasteiger partial charge on any atom is 0.274 e. The molecule has 0 spiro atoms. The van der Waals surface area contributed by atoms with Gasteiger partial charge in [0.05, 0.1) is 12.2 Å². The molecular formula is C21H19N5O. The first kappa shape index (κ1) is 16.8. The molecule has 0 unspecified atom stereocenters. The van der Waals surface area contributed by atoms with Crippen molar-refractivity contribution in [3.05, 3.63) is 89.7 Å². The molecule has 134 valence electrons. The zero-order valence-corrected chi connectivity index (χ0v) is 14.9. The minimum Gasteiger partial charge on any atom is -0.305 e. The van der Waals surface area contributed by atoms with Crippen molar-refractivity contribution in [3.63, 3.8) is 0 Å². The standard InChI is InChI=1S/C21H19N5O/c1-15-7-5-6-10-17(15)19-13-20(23-21(27)18-11-12-22-24-18)26(25-19)14-16-8-3-2-4-9-16/h2-13H,14H2,1H3,(H,22,24)(H,23,27). The first-order chi connectivity index (χ1) is 13.2. The SMILES string of the molecule is Cc1ccccc1-c1cc(NC(=O)c2ccn[nH]2)n(Cc2ccccc2)n1. The number of amides is 1. The smallest absolute Gasteiger partial charge is 0.274 e. The highest BCUT2D eigenvalue weighted by atomic mass is 16.2. The molecule has 0 aliphatic carbocycles. The lowest BCUT2D eigenvalue weighted by Crippen LogP contribution is -2.16. The zero-order valence-electron chi connectivity index (χ0n) is 14.9. The summed E-state index contributed by atoms with van der Waals surface area (Å²) in [6, 6.07) is 21.6. The van der Waals surface area contributed by atoms with Crippen LogP contribution in [0, 0.1) is 6.92 Å². The summed E-state index contributed by atoms with van der Waals surface area (Å²) in [5.41, 5.74) is 4.51. The Kier molecular flexibility index (Phi) is 4.53. The van der Waals surface area contributed by atoms with Gasteiger partial charge in [0.1, 0.15) is 11.5 Å². The summed E-state index contributed by atoms with van der Waals surface area (Å²) < 4.78 is 1.81. The fraction of sp³-hybridized carbons (Fsp3) is 0.0952. The highest BCUT2D eigenvalue weighted by Gasteiger charge is 2.15. The van der Waals surface area contributed by atoms with Gasteiger partial charge in [-0.15, -0.1) is 0 Å². The number of hydrogen-bond acceptors (Lipinski definition) is 3. The first-order valence-corrected chi connectivity index (χ1v) is 8.69. The summed E-state index contributed by atoms with van der Waals surface area (Å²) in [6.07, 6.45) is 1.55. The molecule has 0 saturated carbocycles. The van der Waals surface area contributed by atoms with Gasteiger partial charge < -0.3 is 5.32 Å². The molecule has 2 aromatic carbocycles.